The molecule has 1 aromatic carbocycles. The summed E-state index contributed by atoms with van der Waals surface area (Å²) in [5.74, 6) is 0.816. The second kappa shape index (κ2) is 9.64. The largest absolute Gasteiger partial charge is 0.493 e. The van der Waals surface area contributed by atoms with Crippen LogP contribution >= 0.6 is 11.6 Å². The summed E-state index contributed by atoms with van der Waals surface area (Å²) in [4.78, 5) is 12.6. The van der Waals surface area contributed by atoms with Crippen molar-refractivity contribution < 1.29 is 9.47 Å². The van der Waals surface area contributed by atoms with Gasteiger partial charge in [0.25, 0.3) is 5.56 Å². The predicted molar refractivity (Wildman–Crippen MR) is 107 cm³/mol. The lowest BCUT2D eigenvalue weighted by Crippen LogP contribution is -2.23. The fourth-order valence-corrected chi connectivity index (χ4v) is 3.21. The maximum absolute atomic E-state index is 12.6. The molecule has 0 unspecified atom stereocenters. The van der Waals surface area contributed by atoms with Crippen molar-refractivity contribution in [1.82, 2.24) is 4.57 Å². The Morgan fingerprint density at radius 2 is 1.88 bits per heavy atom. The number of nitrogens with zero attached hydrogens (tertiary/aromatic N) is 1. The number of anilines is 2. The van der Waals surface area contributed by atoms with Crippen LogP contribution in [0.15, 0.2) is 29.1 Å². The van der Waals surface area contributed by atoms with Gasteiger partial charge in [-0.3, -0.25) is 4.79 Å². The first-order chi connectivity index (χ1) is 12.5. The highest BCUT2D eigenvalue weighted by Crippen LogP contribution is 2.26. The maximum atomic E-state index is 12.6. The minimum absolute atomic E-state index is 0.0896. The molecule has 0 saturated heterocycles. The van der Waals surface area contributed by atoms with Crippen molar-refractivity contribution in [3.63, 3.8) is 0 Å². The first-order valence-corrected chi connectivity index (χ1v) is 9.29. The Morgan fingerprint density at radius 3 is 2.54 bits per heavy atom. The van der Waals surface area contributed by atoms with E-state index in [1.54, 1.807) is 24.8 Å². The molecule has 0 bridgehead atoms. The summed E-state index contributed by atoms with van der Waals surface area (Å²) in [6.45, 7) is 5.34. The van der Waals surface area contributed by atoms with Crippen LogP contribution in [0.25, 0.3) is 0 Å². The number of methoxy groups -OCH3 is 1. The summed E-state index contributed by atoms with van der Waals surface area (Å²) in [5.41, 5.74) is 3.17. The van der Waals surface area contributed by atoms with E-state index in [1.807, 2.05) is 25.1 Å². The molecule has 1 heterocycles. The lowest BCUT2D eigenvalue weighted by atomic mass is 10.1. The van der Waals surface area contributed by atoms with Gasteiger partial charge >= 0.3 is 0 Å². The summed E-state index contributed by atoms with van der Waals surface area (Å²) in [7, 11) is 3.43. The van der Waals surface area contributed by atoms with Gasteiger partial charge in [-0.1, -0.05) is 25.4 Å². The fraction of sp³-hybridized carbons (Fsp3) is 0.450. The molecule has 0 amide bonds. The smallest absolute Gasteiger partial charge is 0.274 e. The number of benzene rings is 1. The molecule has 1 aromatic heterocycles. The number of halogens is 1. The van der Waals surface area contributed by atoms with Gasteiger partial charge in [0.05, 0.1) is 11.6 Å². The zero-order chi connectivity index (χ0) is 19.1. The standard InChI is InChI=1S/C20H27ClN2O3/c1-5-14-12-15(26-11-7-10-25-4)8-9-17(14)22-18-13-16(21)19(6-2)23(3)20(18)24/h8-9,12-13,22H,5-7,10-11H2,1-4H3. The van der Waals surface area contributed by atoms with Crippen LogP contribution in [0.1, 0.15) is 31.5 Å². The molecule has 0 aliphatic heterocycles. The minimum Gasteiger partial charge on any atom is -0.493 e. The minimum atomic E-state index is -0.0896. The third kappa shape index (κ3) is 4.80. The van der Waals surface area contributed by atoms with Gasteiger partial charge in [0.15, 0.2) is 0 Å². The van der Waals surface area contributed by atoms with Crippen molar-refractivity contribution in [3.8, 4) is 5.75 Å². The van der Waals surface area contributed by atoms with E-state index in [1.165, 1.54) is 0 Å². The average Bonchev–Trinajstić information content (AvgIpc) is 2.64. The number of aryl methyl sites for hydroxylation is 1. The SMILES string of the molecule is CCc1cc(OCCCOC)ccc1Nc1cc(Cl)c(CC)n(C)c1=O. The molecule has 0 aliphatic rings. The van der Waals surface area contributed by atoms with Gasteiger partial charge in [0.2, 0.25) is 0 Å². The van der Waals surface area contributed by atoms with Crippen molar-refractivity contribution in [2.24, 2.45) is 7.05 Å². The molecule has 0 fully saturated rings. The van der Waals surface area contributed by atoms with Crippen LogP contribution in [0.4, 0.5) is 11.4 Å². The average molecular weight is 379 g/mol. The van der Waals surface area contributed by atoms with Crippen molar-refractivity contribution in [2.75, 3.05) is 25.6 Å². The second-order valence-electron chi connectivity index (χ2n) is 6.06. The van der Waals surface area contributed by atoms with Crippen LogP contribution in [0.2, 0.25) is 5.02 Å². The van der Waals surface area contributed by atoms with Crippen molar-refractivity contribution in [2.45, 2.75) is 33.1 Å². The summed E-state index contributed by atoms with van der Waals surface area (Å²) < 4.78 is 12.4. The number of hydrogen-bond acceptors (Lipinski definition) is 4. The quantitative estimate of drug-likeness (QED) is 0.660. The molecule has 5 nitrogen and oxygen atoms in total. The Morgan fingerprint density at radius 1 is 1.12 bits per heavy atom. The van der Waals surface area contributed by atoms with E-state index < -0.39 is 0 Å². The molecule has 0 spiro atoms. The maximum Gasteiger partial charge on any atom is 0.274 e. The summed E-state index contributed by atoms with van der Waals surface area (Å²) in [5, 5.41) is 3.83. The highest BCUT2D eigenvalue weighted by Gasteiger charge is 2.12. The van der Waals surface area contributed by atoms with E-state index >= 15 is 0 Å². The van der Waals surface area contributed by atoms with Crippen molar-refractivity contribution in [3.05, 3.63) is 50.9 Å². The summed E-state index contributed by atoms with van der Waals surface area (Å²) in [6.07, 6.45) is 2.37. The normalized spacial score (nSPS) is 10.8. The molecule has 6 heteroatoms. The van der Waals surface area contributed by atoms with Crippen LogP contribution in [0.3, 0.4) is 0 Å². The molecular weight excluding hydrogens is 352 g/mol. The van der Waals surface area contributed by atoms with Crippen molar-refractivity contribution in [1.29, 1.82) is 0 Å². The molecule has 2 rings (SSSR count). The van der Waals surface area contributed by atoms with E-state index in [2.05, 4.69) is 12.2 Å². The zero-order valence-corrected chi connectivity index (χ0v) is 16.7. The number of aromatic nitrogens is 1. The van der Waals surface area contributed by atoms with E-state index in [0.29, 0.717) is 30.3 Å². The van der Waals surface area contributed by atoms with E-state index in [9.17, 15) is 4.79 Å². The number of rotatable bonds is 9. The zero-order valence-electron chi connectivity index (χ0n) is 15.9. The number of ether oxygens (including phenoxy) is 2. The Balaban J connectivity index is 2.23. The first-order valence-electron chi connectivity index (χ1n) is 8.91. The lowest BCUT2D eigenvalue weighted by Gasteiger charge is -2.16. The summed E-state index contributed by atoms with van der Waals surface area (Å²) >= 11 is 6.32. The van der Waals surface area contributed by atoms with Gasteiger partial charge in [-0.05, 0) is 42.7 Å². The molecular formula is C20H27ClN2O3. The topological polar surface area (TPSA) is 52.5 Å². The highest BCUT2D eigenvalue weighted by molar-refractivity contribution is 6.31. The summed E-state index contributed by atoms with van der Waals surface area (Å²) in [6, 6.07) is 7.55. The molecule has 2 aromatic rings. The fourth-order valence-electron chi connectivity index (χ4n) is 2.84. The van der Waals surface area contributed by atoms with Crippen LogP contribution in [0, 0.1) is 0 Å². The first kappa shape index (κ1) is 20.3. The van der Waals surface area contributed by atoms with Gasteiger partial charge in [-0.2, -0.15) is 0 Å². The Kier molecular flexibility index (Phi) is 7.54. The molecule has 1 N–H and O–H groups in total. The van der Waals surface area contributed by atoms with Gasteiger partial charge in [0, 0.05) is 38.6 Å². The van der Waals surface area contributed by atoms with Crippen molar-refractivity contribution >= 4 is 23.0 Å². The molecule has 26 heavy (non-hydrogen) atoms. The number of nitrogens with one attached hydrogen (secondary N) is 1. The van der Waals surface area contributed by atoms with Gasteiger partial charge in [-0.15, -0.1) is 0 Å². The van der Waals surface area contributed by atoms with E-state index in [0.717, 1.165) is 35.5 Å². The molecule has 142 valence electrons. The van der Waals surface area contributed by atoms with Gasteiger partial charge in [0.1, 0.15) is 11.4 Å². The lowest BCUT2D eigenvalue weighted by molar-refractivity contribution is 0.172. The molecule has 0 saturated carbocycles. The van der Waals surface area contributed by atoms with Crippen LogP contribution in [0.5, 0.6) is 5.75 Å². The monoisotopic (exact) mass is 378 g/mol. The molecule has 0 aliphatic carbocycles. The second-order valence-corrected chi connectivity index (χ2v) is 6.47. The predicted octanol–water partition coefficient (Wildman–Crippen LogP) is 4.32. The van der Waals surface area contributed by atoms with Gasteiger partial charge in [-0.25, -0.2) is 0 Å². The number of pyridine rings is 1. The van der Waals surface area contributed by atoms with E-state index in [4.69, 9.17) is 21.1 Å². The van der Waals surface area contributed by atoms with Crippen LogP contribution < -0.4 is 15.6 Å². The van der Waals surface area contributed by atoms with Crippen LogP contribution in [-0.4, -0.2) is 24.9 Å². The Labute approximate surface area is 159 Å². The van der Waals surface area contributed by atoms with E-state index in [-0.39, 0.29) is 5.56 Å². The van der Waals surface area contributed by atoms with Crippen LogP contribution in [-0.2, 0) is 24.6 Å². The number of hydrogen-bond donors (Lipinski definition) is 1. The molecule has 0 atom stereocenters. The van der Waals surface area contributed by atoms with Gasteiger partial charge < -0.3 is 19.4 Å². The molecule has 0 radical (unpaired) electrons. The third-order valence-corrected chi connectivity index (χ3v) is 4.64. The Hall–Kier alpha value is -1.98. The third-order valence-electron chi connectivity index (χ3n) is 4.31. The highest BCUT2D eigenvalue weighted by atomic mass is 35.5. The Bertz CT molecular complexity index is 802.